The number of rotatable bonds is 3. The summed E-state index contributed by atoms with van der Waals surface area (Å²) >= 11 is 6.68. The van der Waals surface area contributed by atoms with Crippen molar-refractivity contribution in [2.75, 3.05) is 0 Å². The Kier molecular flexibility index (Phi) is 6.94. The first-order valence-corrected chi connectivity index (χ1v) is 13.9. The van der Waals surface area contributed by atoms with Crippen LogP contribution in [0, 0.1) is 11.6 Å². The number of hydrogen-bond acceptors (Lipinski definition) is 4. The zero-order valence-electron chi connectivity index (χ0n) is 16.4. The highest BCUT2D eigenvalue weighted by atomic mass is 79.9. The first-order valence-electron chi connectivity index (χ1n) is 8.85. The molecule has 2 heterocycles. The molecule has 11 heteroatoms. The fraction of sp³-hybridized carbons (Fsp3) is 0.158. The third-order valence-electron chi connectivity index (χ3n) is 3.99. The lowest BCUT2D eigenvalue weighted by Gasteiger charge is -2.10. The van der Waals surface area contributed by atoms with Crippen molar-refractivity contribution < 1.29 is 8.78 Å². The van der Waals surface area contributed by atoms with Gasteiger partial charge in [0.25, 0.3) is 0 Å². The van der Waals surface area contributed by atoms with E-state index in [0.717, 1.165) is 14.3 Å². The largest absolute Gasteiger partial charge is 0.220 e. The molecule has 2 aromatic carbocycles. The van der Waals surface area contributed by atoms with Crippen molar-refractivity contribution in [3.63, 3.8) is 0 Å². The maximum Gasteiger partial charge on any atom is 0.125 e. The first-order chi connectivity index (χ1) is 14.1. The topological polar surface area (TPSA) is 61.4 Å². The number of hydrogen-bond donors (Lipinski definition) is 0. The molecule has 0 saturated heterocycles. The van der Waals surface area contributed by atoms with E-state index < -0.39 is 8.07 Å². The van der Waals surface area contributed by atoms with E-state index in [1.807, 2.05) is 6.20 Å². The molecule has 0 amide bonds. The van der Waals surface area contributed by atoms with Gasteiger partial charge in [-0.1, -0.05) is 30.1 Å². The van der Waals surface area contributed by atoms with Gasteiger partial charge in [-0.3, -0.25) is 0 Å². The molecule has 6 nitrogen and oxygen atoms in total. The summed E-state index contributed by atoms with van der Waals surface area (Å²) in [6.07, 6.45) is 5.07. The number of nitrogens with zero attached hydrogens (tertiary/aromatic N) is 6. The van der Waals surface area contributed by atoms with E-state index in [-0.39, 0.29) is 11.6 Å². The minimum atomic E-state index is -1.48. The molecule has 0 fully saturated rings. The summed E-state index contributed by atoms with van der Waals surface area (Å²) in [5.41, 5.74) is 1.31. The Morgan fingerprint density at radius 1 is 0.833 bits per heavy atom. The minimum Gasteiger partial charge on any atom is -0.220 e. The van der Waals surface area contributed by atoms with Crippen molar-refractivity contribution in [2.45, 2.75) is 19.6 Å². The number of aromatic nitrogens is 6. The van der Waals surface area contributed by atoms with Gasteiger partial charge in [0.1, 0.15) is 19.7 Å². The van der Waals surface area contributed by atoms with Crippen LogP contribution in [0.15, 0.2) is 63.9 Å². The lowest BCUT2D eigenvalue weighted by Crippen LogP contribution is -2.38. The quantitative estimate of drug-likeness (QED) is 0.338. The molecule has 0 atom stereocenters. The predicted octanol–water partition coefficient (Wildman–Crippen LogP) is 4.88. The molecule has 156 valence electrons. The Morgan fingerprint density at radius 3 is 1.87 bits per heavy atom. The summed E-state index contributed by atoms with van der Waals surface area (Å²) in [5, 5.41) is 16.6. The van der Waals surface area contributed by atoms with Crippen molar-refractivity contribution in [3.05, 3.63) is 75.6 Å². The van der Waals surface area contributed by atoms with E-state index in [1.54, 1.807) is 23.0 Å². The first kappa shape index (κ1) is 22.4. The summed E-state index contributed by atoms with van der Waals surface area (Å²) in [6, 6.07) is 8.91. The van der Waals surface area contributed by atoms with Crippen molar-refractivity contribution in [1.82, 2.24) is 30.0 Å². The molecule has 0 spiro atoms. The van der Waals surface area contributed by atoms with Gasteiger partial charge >= 0.3 is 0 Å². The summed E-state index contributed by atoms with van der Waals surface area (Å²) in [5.74, 6) is -0.582. The molecular formula is C19H18Br2F2N6Si. The van der Waals surface area contributed by atoms with Crippen LogP contribution in [0.25, 0.3) is 11.4 Å². The fourth-order valence-electron chi connectivity index (χ4n) is 2.38. The van der Waals surface area contributed by atoms with Gasteiger partial charge in [0.15, 0.2) is 0 Å². The molecule has 0 aliphatic rings. The molecule has 4 aromatic rings. The van der Waals surface area contributed by atoms with Crippen molar-refractivity contribution in [2.24, 2.45) is 0 Å². The molecule has 0 N–H and O–H groups in total. The standard InChI is InChI=1S/C11H13BrFN3Si.C8H5BrFN3/c1-17(2,3)11-7-16(15-14-11)10-6-8(13)4-5-9(10)12;9-7-2-1-6(10)5-8(7)13-4-3-11-12-13/h4-7H,1-3H3;1-5H. The minimum absolute atomic E-state index is 0.284. The monoisotopic (exact) mass is 554 g/mol. The fourth-order valence-corrected chi connectivity index (χ4v) is 4.10. The lowest BCUT2D eigenvalue weighted by molar-refractivity contribution is 0.624. The third kappa shape index (κ3) is 5.46. The van der Waals surface area contributed by atoms with E-state index in [9.17, 15) is 8.78 Å². The van der Waals surface area contributed by atoms with Crippen molar-refractivity contribution in [3.8, 4) is 11.4 Å². The van der Waals surface area contributed by atoms with Crippen LogP contribution in [0.1, 0.15) is 0 Å². The highest BCUT2D eigenvalue weighted by Crippen LogP contribution is 2.21. The zero-order chi connectivity index (χ0) is 21.9. The molecule has 0 aliphatic carbocycles. The highest BCUT2D eigenvalue weighted by Gasteiger charge is 2.21. The second-order valence-electron chi connectivity index (χ2n) is 7.34. The lowest BCUT2D eigenvalue weighted by atomic mass is 10.3. The van der Waals surface area contributed by atoms with Gasteiger partial charge in [0.2, 0.25) is 0 Å². The van der Waals surface area contributed by atoms with Gasteiger partial charge < -0.3 is 0 Å². The van der Waals surface area contributed by atoms with E-state index in [4.69, 9.17) is 0 Å². The van der Waals surface area contributed by atoms with Crippen molar-refractivity contribution >= 4 is 45.3 Å². The maximum absolute atomic E-state index is 13.2. The summed E-state index contributed by atoms with van der Waals surface area (Å²) in [7, 11) is -1.48. The van der Waals surface area contributed by atoms with Crippen LogP contribution in [0.4, 0.5) is 8.78 Å². The molecule has 2 aromatic heterocycles. The van der Waals surface area contributed by atoms with Gasteiger partial charge in [0, 0.05) is 27.3 Å². The molecule has 4 rings (SSSR count). The Labute approximate surface area is 190 Å². The predicted molar refractivity (Wildman–Crippen MR) is 121 cm³/mol. The van der Waals surface area contributed by atoms with Gasteiger partial charge in [0.05, 0.1) is 29.1 Å². The van der Waals surface area contributed by atoms with E-state index in [2.05, 4.69) is 72.1 Å². The third-order valence-corrected chi connectivity index (χ3v) is 7.10. The van der Waals surface area contributed by atoms with E-state index in [1.165, 1.54) is 35.1 Å². The second-order valence-corrected chi connectivity index (χ2v) is 14.1. The number of benzene rings is 2. The molecule has 0 bridgehead atoms. The zero-order valence-corrected chi connectivity index (χ0v) is 20.6. The summed E-state index contributed by atoms with van der Waals surface area (Å²) in [4.78, 5) is 0. The smallest absolute Gasteiger partial charge is 0.125 e. The molecule has 0 aliphatic heterocycles. The second kappa shape index (κ2) is 9.27. The molecular weight excluding hydrogens is 538 g/mol. The normalized spacial score (nSPS) is 11.2. The molecule has 0 radical (unpaired) electrons. The Hall–Kier alpha value is -2.24. The van der Waals surface area contributed by atoms with Crippen LogP contribution in [-0.2, 0) is 0 Å². The Bertz CT molecular complexity index is 1140. The van der Waals surface area contributed by atoms with Gasteiger partial charge in [-0.05, 0) is 56.1 Å². The van der Waals surface area contributed by atoms with Crippen LogP contribution in [0.5, 0.6) is 0 Å². The van der Waals surface area contributed by atoms with Crippen LogP contribution in [-0.4, -0.2) is 38.1 Å². The molecule has 30 heavy (non-hydrogen) atoms. The molecule has 0 saturated carbocycles. The summed E-state index contributed by atoms with van der Waals surface area (Å²) < 4.78 is 30.7. The van der Waals surface area contributed by atoms with Crippen LogP contribution in [0.2, 0.25) is 19.6 Å². The van der Waals surface area contributed by atoms with Crippen molar-refractivity contribution in [1.29, 1.82) is 0 Å². The van der Waals surface area contributed by atoms with Gasteiger partial charge in [-0.2, -0.15) is 0 Å². The van der Waals surface area contributed by atoms with Gasteiger partial charge in [-0.15, -0.1) is 10.2 Å². The van der Waals surface area contributed by atoms with E-state index in [0.29, 0.717) is 11.4 Å². The average molecular weight is 556 g/mol. The average Bonchev–Trinajstić information content (AvgIpc) is 3.38. The highest BCUT2D eigenvalue weighted by molar-refractivity contribution is 9.11. The SMILES string of the molecule is C[Si](C)(C)c1cn(-c2cc(F)ccc2Br)nn1.Fc1ccc(Br)c(-n2ccnn2)c1. The van der Waals surface area contributed by atoms with Crippen LogP contribution in [0.3, 0.4) is 0 Å². The Balaban J connectivity index is 0.000000177. The van der Waals surface area contributed by atoms with Crippen LogP contribution >= 0.6 is 31.9 Å². The van der Waals surface area contributed by atoms with Gasteiger partial charge in [-0.25, -0.2) is 18.1 Å². The van der Waals surface area contributed by atoms with Crippen LogP contribution < -0.4 is 5.32 Å². The number of halogens is 4. The van der Waals surface area contributed by atoms with E-state index >= 15 is 0 Å². The summed E-state index contributed by atoms with van der Waals surface area (Å²) in [6.45, 7) is 6.59. The molecule has 0 unspecified atom stereocenters. The Morgan fingerprint density at radius 2 is 1.40 bits per heavy atom. The maximum atomic E-state index is 13.2.